The van der Waals surface area contributed by atoms with Gasteiger partial charge in [-0.05, 0) is 23.3 Å². The number of rotatable bonds is 4. The Hall–Kier alpha value is -2.06. The van der Waals surface area contributed by atoms with Crippen LogP contribution in [0.4, 0.5) is 0 Å². The number of esters is 1. The van der Waals surface area contributed by atoms with Gasteiger partial charge in [0.25, 0.3) is 0 Å². The molecule has 0 spiro atoms. The van der Waals surface area contributed by atoms with E-state index in [0.29, 0.717) is 16.9 Å². The SMILES string of the molecule is COC(=O)Cc1cc(C#N)c(OC)cc1CN. The number of hydrogen-bond donors (Lipinski definition) is 1. The average Bonchev–Trinajstić information content (AvgIpc) is 2.37. The highest BCUT2D eigenvalue weighted by molar-refractivity contribution is 5.73. The molecule has 17 heavy (non-hydrogen) atoms. The molecule has 1 rings (SSSR count). The first-order valence-corrected chi connectivity index (χ1v) is 5.03. The number of carbonyl (C=O) groups excluding carboxylic acids is 1. The molecule has 0 aliphatic heterocycles. The molecule has 0 unspecified atom stereocenters. The zero-order valence-corrected chi connectivity index (χ0v) is 9.82. The van der Waals surface area contributed by atoms with Crippen LogP contribution in [0.25, 0.3) is 0 Å². The van der Waals surface area contributed by atoms with E-state index in [0.717, 1.165) is 5.56 Å². The van der Waals surface area contributed by atoms with E-state index in [9.17, 15) is 4.79 Å². The average molecular weight is 234 g/mol. The summed E-state index contributed by atoms with van der Waals surface area (Å²) >= 11 is 0. The topological polar surface area (TPSA) is 85.3 Å². The van der Waals surface area contributed by atoms with Gasteiger partial charge in [-0.15, -0.1) is 0 Å². The normalized spacial score (nSPS) is 9.53. The number of nitrogens with two attached hydrogens (primary N) is 1. The number of benzene rings is 1. The summed E-state index contributed by atoms with van der Waals surface area (Å²) in [7, 11) is 2.80. The summed E-state index contributed by atoms with van der Waals surface area (Å²) in [5.74, 6) is 0.0929. The zero-order valence-electron chi connectivity index (χ0n) is 9.82. The van der Waals surface area contributed by atoms with Crippen LogP contribution in [0.2, 0.25) is 0 Å². The monoisotopic (exact) mass is 234 g/mol. The van der Waals surface area contributed by atoms with E-state index in [1.165, 1.54) is 14.2 Å². The second kappa shape index (κ2) is 5.87. The van der Waals surface area contributed by atoms with Gasteiger partial charge in [0.1, 0.15) is 11.8 Å². The summed E-state index contributed by atoms with van der Waals surface area (Å²) in [5, 5.41) is 8.95. The molecule has 0 saturated carbocycles. The van der Waals surface area contributed by atoms with Crippen LogP contribution in [0, 0.1) is 11.3 Å². The third-order valence-electron chi connectivity index (χ3n) is 2.42. The van der Waals surface area contributed by atoms with Gasteiger partial charge in [0.2, 0.25) is 0 Å². The number of nitrogens with zero attached hydrogens (tertiary/aromatic N) is 1. The maximum absolute atomic E-state index is 11.2. The highest BCUT2D eigenvalue weighted by atomic mass is 16.5. The van der Waals surface area contributed by atoms with Crippen LogP contribution in [0.5, 0.6) is 5.75 Å². The molecule has 5 heteroatoms. The van der Waals surface area contributed by atoms with Gasteiger partial charge in [0.15, 0.2) is 0 Å². The maximum Gasteiger partial charge on any atom is 0.309 e. The third-order valence-corrected chi connectivity index (χ3v) is 2.42. The third kappa shape index (κ3) is 2.95. The quantitative estimate of drug-likeness (QED) is 0.776. The Morgan fingerprint density at radius 2 is 2.12 bits per heavy atom. The van der Waals surface area contributed by atoms with Gasteiger partial charge >= 0.3 is 5.97 Å². The van der Waals surface area contributed by atoms with Crippen molar-refractivity contribution in [2.75, 3.05) is 14.2 Å². The molecule has 0 bridgehead atoms. The number of ether oxygens (including phenoxy) is 2. The van der Waals surface area contributed by atoms with Gasteiger partial charge in [-0.25, -0.2) is 0 Å². The lowest BCUT2D eigenvalue weighted by atomic mass is 10.0. The van der Waals surface area contributed by atoms with Crippen molar-refractivity contribution < 1.29 is 14.3 Å². The summed E-state index contributed by atoms with van der Waals surface area (Å²) in [6.07, 6.45) is 0.0989. The van der Waals surface area contributed by atoms with E-state index in [4.69, 9.17) is 15.7 Å². The Labute approximate surface area is 99.7 Å². The first-order chi connectivity index (χ1) is 8.15. The van der Waals surface area contributed by atoms with Crippen molar-refractivity contribution in [1.29, 1.82) is 5.26 Å². The fraction of sp³-hybridized carbons (Fsp3) is 0.333. The minimum absolute atomic E-state index is 0.0989. The van der Waals surface area contributed by atoms with Crippen molar-refractivity contribution in [2.24, 2.45) is 5.73 Å². The summed E-state index contributed by atoms with van der Waals surface area (Å²) < 4.78 is 9.66. The maximum atomic E-state index is 11.2. The van der Waals surface area contributed by atoms with Gasteiger partial charge in [-0.1, -0.05) is 0 Å². The Kier molecular flexibility index (Phi) is 4.49. The van der Waals surface area contributed by atoms with Crippen molar-refractivity contribution in [3.63, 3.8) is 0 Å². The van der Waals surface area contributed by atoms with Gasteiger partial charge in [0.05, 0.1) is 26.2 Å². The Morgan fingerprint density at radius 1 is 1.41 bits per heavy atom. The molecule has 5 nitrogen and oxygen atoms in total. The molecule has 0 aliphatic carbocycles. The minimum atomic E-state index is -0.367. The predicted molar refractivity (Wildman–Crippen MR) is 61.3 cm³/mol. The second-order valence-corrected chi connectivity index (χ2v) is 3.39. The molecular weight excluding hydrogens is 220 g/mol. The highest BCUT2D eigenvalue weighted by Crippen LogP contribution is 2.23. The molecule has 1 aromatic rings. The van der Waals surface area contributed by atoms with E-state index < -0.39 is 0 Å². The van der Waals surface area contributed by atoms with E-state index in [1.54, 1.807) is 12.1 Å². The summed E-state index contributed by atoms with van der Waals surface area (Å²) in [5.41, 5.74) is 7.43. The van der Waals surface area contributed by atoms with Gasteiger partial charge < -0.3 is 15.2 Å². The summed E-state index contributed by atoms with van der Waals surface area (Å²) in [6, 6.07) is 5.30. The smallest absolute Gasteiger partial charge is 0.309 e. The molecule has 0 amide bonds. The van der Waals surface area contributed by atoms with Crippen LogP contribution in [-0.4, -0.2) is 20.2 Å². The number of nitriles is 1. The molecule has 0 atom stereocenters. The molecule has 0 heterocycles. The lowest BCUT2D eigenvalue weighted by molar-refractivity contribution is -0.139. The number of carbonyl (C=O) groups is 1. The van der Waals surface area contributed by atoms with Crippen molar-refractivity contribution in [2.45, 2.75) is 13.0 Å². The van der Waals surface area contributed by atoms with Gasteiger partial charge in [0, 0.05) is 6.54 Å². The summed E-state index contributed by atoms with van der Waals surface area (Å²) in [4.78, 5) is 11.2. The van der Waals surface area contributed by atoms with Crippen LogP contribution in [-0.2, 0) is 22.5 Å². The van der Waals surface area contributed by atoms with E-state index in [2.05, 4.69) is 4.74 Å². The molecule has 90 valence electrons. The van der Waals surface area contributed by atoms with Crippen LogP contribution in [0.15, 0.2) is 12.1 Å². The van der Waals surface area contributed by atoms with Crippen molar-refractivity contribution in [3.05, 3.63) is 28.8 Å². The standard InChI is InChI=1S/C12H14N2O3/c1-16-11-4-9(6-13)8(3-10(11)7-14)5-12(15)17-2/h3-4H,5-6,13H2,1-2H3. The number of methoxy groups -OCH3 is 2. The first-order valence-electron chi connectivity index (χ1n) is 5.03. The Bertz CT molecular complexity index is 464. The van der Waals surface area contributed by atoms with Crippen LogP contribution >= 0.6 is 0 Å². The molecule has 0 fully saturated rings. The van der Waals surface area contributed by atoms with E-state index in [1.807, 2.05) is 6.07 Å². The minimum Gasteiger partial charge on any atom is -0.495 e. The fourth-order valence-corrected chi connectivity index (χ4v) is 1.51. The second-order valence-electron chi connectivity index (χ2n) is 3.39. The lowest BCUT2D eigenvalue weighted by Gasteiger charge is -2.10. The first kappa shape index (κ1) is 13.0. The van der Waals surface area contributed by atoms with Crippen LogP contribution in [0.1, 0.15) is 16.7 Å². The fourth-order valence-electron chi connectivity index (χ4n) is 1.51. The zero-order chi connectivity index (χ0) is 12.8. The largest absolute Gasteiger partial charge is 0.495 e. The molecule has 0 saturated heterocycles. The molecule has 0 aliphatic rings. The van der Waals surface area contributed by atoms with Crippen LogP contribution < -0.4 is 10.5 Å². The van der Waals surface area contributed by atoms with Crippen molar-refractivity contribution >= 4 is 5.97 Å². The highest BCUT2D eigenvalue weighted by Gasteiger charge is 2.12. The summed E-state index contributed by atoms with van der Waals surface area (Å²) in [6.45, 7) is 0.272. The molecular formula is C12H14N2O3. The molecule has 2 N–H and O–H groups in total. The number of hydrogen-bond acceptors (Lipinski definition) is 5. The predicted octanol–water partition coefficient (Wildman–Crippen LogP) is 0.741. The Morgan fingerprint density at radius 3 is 2.59 bits per heavy atom. The van der Waals surface area contributed by atoms with E-state index in [-0.39, 0.29) is 18.9 Å². The van der Waals surface area contributed by atoms with E-state index >= 15 is 0 Å². The molecule has 0 radical (unpaired) electrons. The van der Waals surface area contributed by atoms with Gasteiger partial charge in [-0.3, -0.25) is 4.79 Å². The molecule has 0 aromatic heterocycles. The van der Waals surface area contributed by atoms with Crippen molar-refractivity contribution in [1.82, 2.24) is 0 Å². The Balaban J connectivity index is 3.20. The molecule has 1 aromatic carbocycles. The van der Waals surface area contributed by atoms with Crippen LogP contribution in [0.3, 0.4) is 0 Å². The van der Waals surface area contributed by atoms with Gasteiger partial charge in [-0.2, -0.15) is 5.26 Å². The van der Waals surface area contributed by atoms with Crippen molar-refractivity contribution in [3.8, 4) is 11.8 Å². The lowest BCUT2D eigenvalue weighted by Crippen LogP contribution is -2.10.